The highest BCUT2D eigenvalue weighted by Gasteiger charge is 2.84. The van der Waals surface area contributed by atoms with Crippen molar-refractivity contribution in [2.24, 2.45) is 59.2 Å². The van der Waals surface area contributed by atoms with Crippen LogP contribution in [0.2, 0.25) is 0 Å². The van der Waals surface area contributed by atoms with Crippen LogP contribution < -0.4 is 0 Å². The first-order chi connectivity index (χ1) is 7.80. The third-order valence-corrected chi connectivity index (χ3v) is 7.45. The summed E-state index contributed by atoms with van der Waals surface area (Å²) >= 11 is 0. The summed E-state index contributed by atoms with van der Waals surface area (Å²) in [5.41, 5.74) is 0. The van der Waals surface area contributed by atoms with E-state index in [1.165, 1.54) is 12.8 Å². The van der Waals surface area contributed by atoms with Crippen LogP contribution in [0.1, 0.15) is 12.8 Å². The average Bonchev–Trinajstić information content (AvgIpc) is 2.84. The second kappa shape index (κ2) is 1.83. The van der Waals surface area contributed by atoms with Crippen molar-refractivity contribution in [3.8, 4) is 0 Å². The van der Waals surface area contributed by atoms with Gasteiger partial charge in [-0.2, -0.15) is 0 Å². The van der Waals surface area contributed by atoms with Crippen molar-refractivity contribution < 1.29 is 9.59 Å². The predicted octanol–water partition coefficient (Wildman–Crippen LogP) is 1.15. The molecule has 6 aliphatic rings. The molecule has 8 atom stereocenters. The van der Waals surface area contributed by atoms with Crippen molar-refractivity contribution in [1.29, 1.82) is 0 Å². The molecule has 0 heterocycles. The normalized spacial score (nSPS) is 75.2. The topological polar surface area (TPSA) is 34.1 Å². The van der Waals surface area contributed by atoms with E-state index < -0.39 is 0 Å². The van der Waals surface area contributed by atoms with Gasteiger partial charge in [-0.1, -0.05) is 0 Å². The molecule has 0 N–H and O–H groups in total. The van der Waals surface area contributed by atoms with Gasteiger partial charge in [0.05, 0.1) is 0 Å². The molecule has 6 fully saturated rings. The highest BCUT2D eigenvalue weighted by molar-refractivity contribution is 6.05. The number of hydrogen-bond acceptors (Lipinski definition) is 2. The van der Waals surface area contributed by atoms with Crippen molar-refractivity contribution in [2.45, 2.75) is 12.8 Å². The van der Waals surface area contributed by atoms with E-state index in [1.54, 1.807) is 0 Å². The van der Waals surface area contributed by atoms with Gasteiger partial charge in [0.15, 0.2) is 0 Å². The van der Waals surface area contributed by atoms with Crippen molar-refractivity contribution >= 4 is 11.6 Å². The first-order valence-corrected chi connectivity index (χ1v) is 6.88. The Balaban J connectivity index is 1.79. The van der Waals surface area contributed by atoms with Crippen LogP contribution in [0.25, 0.3) is 0 Å². The fourth-order valence-electron chi connectivity index (χ4n) is 7.70. The molecule has 0 amide bonds. The lowest BCUT2D eigenvalue weighted by Crippen LogP contribution is -2.42. The summed E-state index contributed by atoms with van der Waals surface area (Å²) in [5.74, 6) is 6.13. The van der Waals surface area contributed by atoms with Gasteiger partial charge >= 0.3 is 0 Å². The second-order valence-corrected chi connectivity index (χ2v) is 7.12. The Morgan fingerprint density at radius 3 is 1.25 bits per heavy atom. The summed E-state index contributed by atoms with van der Waals surface area (Å²) in [6, 6.07) is 0. The van der Waals surface area contributed by atoms with Crippen LogP contribution in [0.3, 0.4) is 0 Å². The second-order valence-electron chi connectivity index (χ2n) is 7.12. The monoisotopic (exact) mass is 214 g/mol. The van der Waals surface area contributed by atoms with Crippen molar-refractivity contribution in [2.75, 3.05) is 0 Å². The maximum atomic E-state index is 12.4. The highest BCUT2D eigenvalue weighted by atomic mass is 16.1. The fourth-order valence-corrected chi connectivity index (χ4v) is 7.70. The molecule has 82 valence electrons. The Morgan fingerprint density at radius 2 is 0.938 bits per heavy atom. The van der Waals surface area contributed by atoms with Gasteiger partial charge in [-0.25, -0.2) is 0 Å². The van der Waals surface area contributed by atoms with Crippen molar-refractivity contribution in [1.82, 2.24) is 0 Å². The molecule has 0 spiro atoms. The number of carbonyl (C=O) groups is 2. The Morgan fingerprint density at radius 1 is 0.625 bits per heavy atom. The molecule has 8 unspecified atom stereocenters. The molecule has 2 bridgehead atoms. The standard InChI is InChI=1S/C14H14O2/c15-13-9-5-3-1-2-4-7(5)11(13)12-8(4)6(3)10(9)14(12)16/h3-12H,1-2H2. The lowest BCUT2D eigenvalue weighted by atomic mass is 9.57. The van der Waals surface area contributed by atoms with E-state index in [9.17, 15) is 9.59 Å². The van der Waals surface area contributed by atoms with Crippen LogP contribution in [0.4, 0.5) is 0 Å². The molecular weight excluding hydrogens is 200 g/mol. The molecule has 0 saturated heterocycles. The zero-order chi connectivity index (χ0) is 10.3. The number of rotatable bonds is 0. The van der Waals surface area contributed by atoms with Gasteiger partial charge in [-0.15, -0.1) is 0 Å². The Bertz CT molecular complexity index is 401. The summed E-state index contributed by atoms with van der Waals surface area (Å²) in [5, 5.41) is 0. The van der Waals surface area contributed by atoms with Crippen LogP contribution >= 0.6 is 0 Å². The van der Waals surface area contributed by atoms with Gasteiger partial charge < -0.3 is 0 Å². The summed E-state index contributed by atoms with van der Waals surface area (Å²) < 4.78 is 0. The van der Waals surface area contributed by atoms with E-state index in [2.05, 4.69) is 0 Å². The molecule has 6 saturated carbocycles. The number of Topliss-reactive ketones (excluding diaryl/α,β-unsaturated/α-hetero) is 2. The molecule has 0 aliphatic heterocycles. The SMILES string of the molecule is O=C1C2C3C(=O)C4C1C1C5CCC(C21)C3C54. The first kappa shape index (κ1) is 7.62. The molecule has 0 radical (unpaired) electrons. The lowest BCUT2D eigenvalue weighted by molar-refractivity contribution is -0.139. The number of hydrogen-bond donors (Lipinski definition) is 0. The van der Waals surface area contributed by atoms with Crippen LogP contribution in [-0.4, -0.2) is 11.6 Å². The van der Waals surface area contributed by atoms with Gasteiger partial charge in [-0.05, 0) is 48.3 Å². The summed E-state index contributed by atoms with van der Waals surface area (Å²) in [6.45, 7) is 0. The van der Waals surface area contributed by atoms with Crippen LogP contribution in [-0.2, 0) is 9.59 Å². The zero-order valence-electron chi connectivity index (χ0n) is 9.00. The van der Waals surface area contributed by atoms with E-state index in [1.807, 2.05) is 0 Å². The zero-order valence-corrected chi connectivity index (χ0v) is 9.00. The molecule has 2 nitrogen and oxygen atoms in total. The molecule has 0 aromatic rings. The Hall–Kier alpha value is -0.660. The molecule has 16 heavy (non-hydrogen) atoms. The van der Waals surface area contributed by atoms with Gasteiger partial charge in [0, 0.05) is 23.7 Å². The lowest BCUT2D eigenvalue weighted by Gasteiger charge is -2.47. The number of carbonyl (C=O) groups excluding carboxylic acids is 2. The van der Waals surface area contributed by atoms with E-state index in [4.69, 9.17) is 0 Å². The minimum atomic E-state index is 0.212. The first-order valence-electron chi connectivity index (χ1n) is 6.88. The van der Waals surface area contributed by atoms with Crippen LogP contribution in [0, 0.1) is 59.2 Å². The minimum absolute atomic E-state index is 0.212. The third-order valence-electron chi connectivity index (χ3n) is 7.45. The molecule has 2 heteroatoms. The smallest absolute Gasteiger partial charge is 0.141 e. The van der Waals surface area contributed by atoms with Gasteiger partial charge in [-0.3, -0.25) is 9.59 Å². The van der Waals surface area contributed by atoms with Crippen molar-refractivity contribution in [3.63, 3.8) is 0 Å². The number of fused-ring (bicyclic) bond motifs is 3. The van der Waals surface area contributed by atoms with E-state index in [0.29, 0.717) is 35.2 Å². The molecule has 6 aliphatic carbocycles. The van der Waals surface area contributed by atoms with E-state index in [-0.39, 0.29) is 23.7 Å². The van der Waals surface area contributed by atoms with Crippen LogP contribution in [0.5, 0.6) is 0 Å². The summed E-state index contributed by atoms with van der Waals surface area (Å²) in [4.78, 5) is 24.9. The van der Waals surface area contributed by atoms with Gasteiger partial charge in [0.2, 0.25) is 0 Å². The largest absolute Gasteiger partial charge is 0.299 e. The fraction of sp³-hybridized carbons (Fsp3) is 0.857. The predicted molar refractivity (Wildman–Crippen MR) is 54.1 cm³/mol. The minimum Gasteiger partial charge on any atom is -0.299 e. The summed E-state index contributed by atoms with van der Waals surface area (Å²) in [7, 11) is 0. The van der Waals surface area contributed by atoms with E-state index >= 15 is 0 Å². The number of ketones is 2. The molecule has 0 aromatic heterocycles. The maximum Gasteiger partial charge on any atom is 0.141 e. The molecule has 6 rings (SSSR count). The Labute approximate surface area is 93.8 Å². The van der Waals surface area contributed by atoms with E-state index in [0.717, 1.165) is 11.8 Å². The van der Waals surface area contributed by atoms with Crippen LogP contribution in [0.15, 0.2) is 0 Å². The van der Waals surface area contributed by atoms with Crippen molar-refractivity contribution in [3.05, 3.63) is 0 Å². The van der Waals surface area contributed by atoms with Gasteiger partial charge in [0.1, 0.15) is 11.6 Å². The third kappa shape index (κ3) is 0.435. The molecule has 0 aromatic carbocycles. The average molecular weight is 214 g/mol. The van der Waals surface area contributed by atoms with Gasteiger partial charge in [0.25, 0.3) is 0 Å². The molecular formula is C14H14O2. The quantitative estimate of drug-likeness (QED) is 0.606. The Kier molecular flexibility index (Phi) is 0.872. The highest BCUT2D eigenvalue weighted by Crippen LogP contribution is 2.81. The summed E-state index contributed by atoms with van der Waals surface area (Å²) in [6.07, 6.45) is 2.67. The maximum absolute atomic E-state index is 12.4.